The van der Waals surface area contributed by atoms with Gasteiger partial charge in [-0.15, -0.1) is 0 Å². The number of ether oxygens (including phenoxy) is 4. The van der Waals surface area contributed by atoms with Crippen LogP contribution in [0.2, 0.25) is 0 Å². The Bertz CT molecular complexity index is 1020. The van der Waals surface area contributed by atoms with Crippen molar-refractivity contribution in [2.45, 2.75) is 0 Å². The lowest BCUT2D eigenvalue weighted by atomic mass is 10.0. The fraction of sp³-hybridized carbons (Fsp3) is 0.273. The van der Waals surface area contributed by atoms with Gasteiger partial charge in [-0.05, 0) is 18.2 Å². The summed E-state index contributed by atoms with van der Waals surface area (Å²) in [5.41, 5.74) is 1.58. The number of fused-ring (bicyclic) bond motifs is 1. The Labute approximate surface area is 174 Å². The Morgan fingerprint density at radius 2 is 1.77 bits per heavy atom. The second-order valence-corrected chi connectivity index (χ2v) is 6.69. The van der Waals surface area contributed by atoms with E-state index in [-0.39, 0.29) is 24.4 Å². The second-order valence-electron chi connectivity index (χ2n) is 6.69. The van der Waals surface area contributed by atoms with Crippen LogP contribution in [-0.4, -0.2) is 57.3 Å². The second kappa shape index (κ2) is 8.46. The molecule has 0 atom stereocenters. The monoisotopic (exact) mass is 410 g/mol. The van der Waals surface area contributed by atoms with Crippen LogP contribution >= 0.6 is 0 Å². The molecule has 2 aliphatic heterocycles. The van der Waals surface area contributed by atoms with E-state index in [0.29, 0.717) is 41.7 Å². The van der Waals surface area contributed by atoms with Gasteiger partial charge in [-0.1, -0.05) is 18.2 Å². The molecule has 8 heteroatoms. The average molecular weight is 410 g/mol. The molecule has 2 heterocycles. The minimum Gasteiger partial charge on any atom is -0.496 e. The fourth-order valence-corrected chi connectivity index (χ4v) is 3.44. The maximum absolute atomic E-state index is 13.2. The quantitative estimate of drug-likeness (QED) is 0.701. The van der Waals surface area contributed by atoms with Crippen LogP contribution in [0.25, 0.3) is 5.57 Å². The number of nitrogens with one attached hydrogen (secondary N) is 1. The molecule has 156 valence electrons. The fourth-order valence-electron chi connectivity index (χ4n) is 3.44. The molecule has 0 bridgehead atoms. The molecule has 2 aliphatic rings. The average Bonchev–Trinajstić information content (AvgIpc) is 3.01. The Balaban J connectivity index is 1.76. The first kappa shape index (κ1) is 19.8. The smallest absolute Gasteiger partial charge is 0.278 e. The summed E-state index contributed by atoms with van der Waals surface area (Å²) < 4.78 is 21.7. The number of nitrogens with zero attached hydrogens (tertiary/aromatic N) is 1. The summed E-state index contributed by atoms with van der Waals surface area (Å²) in [6, 6.07) is 12.4. The Kier molecular flexibility index (Phi) is 5.58. The van der Waals surface area contributed by atoms with Gasteiger partial charge in [0.15, 0.2) is 11.5 Å². The van der Waals surface area contributed by atoms with Gasteiger partial charge in [-0.3, -0.25) is 14.5 Å². The summed E-state index contributed by atoms with van der Waals surface area (Å²) in [4.78, 5) is 27.5. The number of hydrogen-bond donors (Lipinski definition) is 1. The number of benzene rings is 2. The van der Waals surface area contributed by atoms with E-state index in [1.54, 1.807) is 42.5 Å². The molecule has 0 radical (unpaired) electrons. The van der Waals surface area contributed by atoms with E-state index in [4.69, 9.17) is 18.9 Å². The summed E-state index contributed by atoms with van der Waals surface area (Å²) in [6.07, 6.45) is 0. The van der Waals surface area contributed by atoms with Gasteiger partial charge < -0.3 is 24.3 Å². The van der Waals surface area contributed by atoms with Crippen LogP contribution in [0.15, 0.2) is 48.2 Å². The summed E-state index contributed by atoms with van der Waals surface area (Å²) in [7, 11) is 3.05. The Morgan fingerprint density at radius 3 is 2.53 bits per heavy atom. The zero-order chi connectivity index (χ0) is 21.1. The van der Waals surface area contributed by atoms with Gasteiger partial charge in [0.05, 0.1) is 25.8 Å². The zero-order valence-electron chi connectivity index (χ0n) is 16.8. The van der Waals surface area contributed by atoms with Crippen LogP contribution in [0, 0.1) is 0 Å². The van der Waals surface area contributed by atoms with Crippen LogP contribution in [0.4, 0.5) is 5.69 Å². The van der Waals surface area contributed by atoms with Crippen molar-refractivity contribution in [2.75, 3.05) is 45.9 Å². The highest BCUT2D eigenvalue weighted by molar-refractivity contribution is 6.37. The van der Waals surface area contributed by atoms with E-state index in [2.05, 4.69) is 5.32 Å². The zero-order valence-corrected chi connectivity index (χ0v) is 16.8. The van der Waals surface area contributed by atoms with Gasteiger partial charge >= 0.3 is 0 Å². The molecular weight excluding hydrogens is 388 g/mol. The summed E-state index contributed by atoms with van der Waals surface area (Å²) in [6.45, 7) is 1.34. The molecule has 4 rings (SSSR count). The van der Waals surface area contributed by atoms with E-state index in [9.17, 15) is 9.59 Å². The van der Waals surface area contributed by atoms with Gasteiger partial charge in [0.25, 0.3) is 11.8 Å². The molecule has 0 aromatic heterocycles. The Hall–Kier alpha value is -3.52. The lowest BCUT2D eigenvalue weighted by Gasteiger charge is -2.19. The molecule has 1 N–H and O–H groups in total. The topological polar surface area (TPSA) is 86.3 Å². The summed E-state index contributed by atoms with van der Waals surface area (Å²) in [5.74, 6) is 0.901. The number of carbonyl (C=O) groups excluding carboxylic acids is 2. The molecule has 0 fully saturated rings. The van der Waals surface area contributed by atoms with Crippen LogP contribution < -0.4 is 19.5 Å². The first-order valence-electron chi connectivity index (χ1n) is 9.53. The van der Waals surface area contributed by atoms with Crippen molar-refractivity contribution in [1.29, 1.82) is 0 Å². The lowest BCUT2D eigenvalue weighted by Crippen LogP contribution is -2.35. The van der Waals surface area contributed by atoms with Crippen molar-refractivity contribution >= 4 is 23.1 Å². The first-order valence-corrected chi connectivity index (χ1v) is 9.53. The van der Waals surface area contributed by atoms with Crippen molar-refractivity contribution in [2.24, 2.45) is 0 Å². The third-order valence-electron chi connectivity index (χ3n) is 4.87. The molecule has 0 saturated carbocycles. The summed E-state index contributed by atoms with van der Waals surface area (Å²) >= 11 is 0. The number of methoxy groups -OCH3 is 2. The van der Waals surface area contributed by atoms with Crippen molar-refractivity contribution < 1.29 is 28.5 Å². The maximum atomic E-state index is 13.2. The minimum absolute atomic E-state index is 0.152. The molecule has 0 unspecified atom stereocenters. The number of para-hydroxylation sites is 1. The highest BCUT2D eigenvalue weighted by Gasteiger charge is 2.40. The number of carbonyl (C=O) groups is 2. The SMILES string of the molecule is COCCN1C(=O)C(Nc2ccc3c(c2)OCCO3)=C(c2ccccc2OC)C1=O. The normalized spacial score (nSPS) is 15.6. The predicted molar refractivity (Wildman–Crippen MR) is 110 cm³/mol. The van der Waals surface area contributed by atoms with Gasteiger partial charge in [0.2, 0.25) is 0 Å². The first-order chi connectivity index (χ1) is 14.6. The van der Waals surface area contributed by atoms with Gasteiger partial charge in [-0.2, -0.15) is 0 Å². The number of rotatable bonds is 7. The molecule has 8 nitrogen and oxygen atoms in total. The maximum Gasteiger partial charge on any atom is 0.278 e. The highest BCUT2D eigenvalue weighted by Crippen LogP contribution is 2.37. The van der Waals surface area contributed by atoms with Crippen LogP contribution in [-0.2, 0) is 14.3 Å². The van der Waals surface area contributed by atoms with Crippen LogP contribution in [0.3, 0.4) is 0 Å². The van der Waals surface area contributed by atoms with Gasteiger partial charge in [-0.25, -0.2) is 0 Å². The van der Waals surface area contributed by atoms with Gasteiger partial charge in [0.1, 0.15) is 24.7 Å². The van der Waals surface area contributed by atoms with E-state index >= 15 is 0 Å². The third-order valence-corrected chi connectivity index (χ3v) is 4.87. The van der Waals surface area contributed by atoms with E-state index in [1.807, 2.05) is 0 Å². The van der Waals surface area contributed by atoms with E-state index in [0.717, 1.165) is 0 Å². The predicted octanol–water partition coefficient (Wildman–Crippen LogP) is 2.30. The van der Waals surface area contributed by atoms with Crippen LogP contribution in [0.1, 0.15) is 5.56 Å². The van der Waals surface area contributed by atoms with Crippen molar-refractivity contribution in [3.8, 4) is 17.2 Å². The third kappa shape index (κ3) is 3.57. The molecule has 2 aromatic rings. The lowest BCUT2D eigenvalue weighted by molar-refractivity contribution is -0.137. The molecule has 0 aliphatic carbocycles. The summed E-state index contributed by atoms with van der Waals surface area (Å²) in [5, 5.41) is 3.11. The number of amides is 2. The number of hydrogen-bond acceptors (Lipinski definition) is 7. The molecule has 30 heavy (non-hydrogen) atoms. The van der Waals surface area contributed by atoms with E-state index < -0.39 is 11.8 Å². The number of anilines is 1. The van der Waals surface area contributed by atoms with Crippen molar-refractivity contribution in [3.05, 3.63) is 53.7 Å². The molecule has 2 amide bonds. The van der Waals surface area contributed by atoms with Crippen LogP contribution in [0.5, 0.6) is 17.2 Å². The molecule has 2 aromatic carbocycles. The highest BCUT2D eigenvalue weighted by atomic mass is 16.6. The largest absolute Gasteiger partial charge is 0.496 e. The molecule has 0 saturated heterocycles. The molecular formula is C22H22N2O6. The minimum atomic E-state index is -0.423. The van der Waals surface area contributed by atoms with Crippen molar-refractivity contribution in [1.82, 2.24) is 4.90 Å². The Morgan fingerprint density at radius 1 is 1.00 bits per heavy atom. The number of imide groups is 1. The standard InChI is InChI=1S/C22H22N2O6/c1-27-10-9-24-21(25)19(15-5-3-4-6-16(15)28-2)20(22(24)26)23-14-7-8-17-18(13-14)30-12-11-29-17/h3-8,13,23H,9-12H2,1-2H3. The molecule has 0 spiro atoms. The van der Waals surface area contributed by atoms with Crippen molar-refractivity contribution in [3.63, 3.8) is 0 Å². The van der Waals surface area contributed by atoms with Gasteiger partial charge in [0, 0.05) is 24.4 Å². The van der Waals surface area contributed by atoms with E-state index in [1.165, 1.54) is 19.1 Å².